The Morgan fingerprint density at radius 2 is 1.88 bits per heavy atom. The van der Waals surface area contributed by atoms with Crippen LogP contribution in [0.25, 0.3) is 0 Å². The van der Waals surface area contributed by atoms with Gasteiger partial charge >= 0.3 is 0 Å². The molecular weight excluding hydrogens is 393 g/mol. The highest BCUT2D eigenvalue weighted by atomic mass is 35.5. The van der Waals surface area contributed by atoms with Crippen molar-refractivity contribution in [1.29, 1.82) is 0 Å². The highest BCUT2D eigenvalue weighted by Crippen LogP contribution is 2.26. The molecule has 2 aromatic rings. The zero-order chi connectivity index (χ0) is 18.6. The Labute approximate surface area is 164 Å². The minimum absolute atomic E-state index is 0.0204. The third-order valence-electron chi connectivity index (χ3n) is 4.13. The van der Waals surface area contributed by atoms with Crippen LogP contribution in [0.3, 0.4) is 0 Å². The van der Waals surface area contributed by atoms with Crippen molar-refractivity contribution < 1.29 is 13.2 Å². The Morgan fingerprint density at radius 3 is 2.62 bits per heavy atom. The van der Waals surface area contributed by atoms with Crippen molar-refractivity contribution in [1.82, 2.24) is 4.31 Å². The zero-order valence-corrected chi connectivity index (χ0v) is 16.3. The van der Waals surface area contributed by atoms with Crippen molar-refractivity contribution >= 4 is 33.2 Å². The first-order valence-electron chi connectivity index (χ1n) is 8.17. The largest absolute Gasteiger partial charge is 0.375 e. The molecule has 0 N–H and O–H groups in total. The Morgan fingerprint density at radius 1 is 1.12 bits per heavy atom. The standard InChI is InChI=1S/C19H19Cl2NO3S/c20-17-9-8-16(19(21)11-17)12-22-18(7-4-10-26(22,23)24)14-25-13-15-5-2-1-3-6-15/h1-9,11,18H,10,12-14H2/t18-/m0/s1. The summed E-state index contributed by atoms with van der Waals surface area (Å²) in [7, 11) is -3.42. The van der Waals surface area contributed by atoms with Crippen LogP contribution in [-0.2, 0) is 27.9 Å². The second kappa shape index (κ2) is 8.55. The summed E-state index contributed by atoms with van der Waals surface area (Å²) in [4.78, 5) is 0. The molecule has 26 heavy (non-hydrogen) atoms. The summed E-state index contributed by atoms with van der Waals surface area (Å²) in [5.41, 5.74) is 1.76. The summed E-state index contributed by atoms with van der Waals surface area (Å²) < 4.78 is 32.3. The van der Waals surface area contributed by atoms with Crippen LogP contribution in [0.2, 0.25) is 10.0 Å². The summed E-state index contributed by atoms with van der Waals surface area (Å²) in [5, 5.41) is 0.967. The summed E-state index contributed by atoms with van der Waals surface area (Å²) in [6, 6.07) is 14.5. The number of ether oxygens (including phenoxy) is 1. The van der Waals surface area contributed by atoms with Gasteiger partial charge in [0, 0.05) is 16.6 Å². The lowest BCUT2D eigenvalue weighted by Gasteiger charge is -2.31. The van der Waals surface area contributed by atoms with Gasteiger partial charge in [-0.2, -0.15) is 4.31 Å². The highest BCUT2D eigenvalue weighted by molar-refractivity contribution is 7.89. The number of hydrogen-bond acceptors (Lipinski definition) is 3. The minimum atomic E-state index is -3.42. The van der Waals surface area contributed by atoms with E-state index in [0.717, 1.165) is 5.56 Å². The molecule has 0 saturated carbocycles. The summed E-state index contributed by atoms with van der Waals surface area (Å²) in [5.74, 6) is -0.0204. The molecule has 0 radical (unpaired) electrons. The monoisotopic (exact) mass is 411 g/mol. The molecule has 1 aliphatic rings. The molecule has 0 aromatic heterocycles. The van der Waals surface area contributed by atoms with Crippen LogP contribution < -0.4 is 0 Å². The number of nitrogens with zero attached hydrogens (tertiary/aromatic N) is 1. The molecule has 138 valence electrons. The fourth-order valence-electron chi connectivity index (χ4n) is 2.78. The maximum absolute atomic E-state index is 12.6. The Hall–Kier alpha value is -1.37. The van der Waals surface area contributed by atoms with Crippen molar-refractivity contribution in [3.05, 3.63) is 81.9 Å². The van der Waals surface area contributed by atoms with Crippen molar-refractivity contribution in [3.63, 3.8) is 0 Å². The maximum Gasteiger partial charge on any atom is 0.218 e. The zero-order valence-electron chi connectivity index (χ0n) is 14.0. The number of benzene rings is 2. The minimum Gasteiger partial charge on any atom is -0.375 e. The summed E-state index contributed by atoms with van der Waals surface area (Å²) >= 11 is 12.1. The van der Waals surface area contributed by atoms with Gasteiger partial charge in [-0.3, -0.25) is 0 Å². The molecule has 1 atom stereocenters. The molecule has 0 spiro atoms. The highest BCUT2D eigenvalue weighted by Gasteiger charge is 2.31. The molecule has 3 rings (SSSR count). The maximum atomic E-state index is 12.6. The predicted molar refractivity (Wildman–Crippen MR) is 105 cm³/mol. The number of sulfonamides is 1. The Kier molecular flexibility index (Phi) is 6.37. The van der Waals surface area contributed by atoms with E-state index in [4.69, 9.17) is 27.9 Å². The predicted octanol–water partition coefficient (Wildman–Crippen LogP) is 4.28. The van der Waals surface area contributed by atoms with E-state index in [1.54, 1.807) is 24.3 Å². The molecule has 0 amide bonds. The van der Waals surface area contributed by atoms with E-state index in [9.17, 15) is 8.42 Å². The van der Waals surface area contributed by atoms with Crippen LogP contribution in [0.15, 0.2) is 60.7 Å². The van der Waals surface area contributed by atoms with Gasteiger partial charge in [0.15, 0.2) is 0 Å². The van der Waals surface area contributed by atoms with E-state index in [1.807, 2.05) is 36.4 Å². The van der Waals surface area contributed by atoms with Crippen LogP contribution in [0.4, 0.5) is 0 Å². The molecule has 2 aromatic carbocycles. The smallest absolute Gasteiger partial charge is 0.218 e. The molecule has 0 unspecified atom stereocenters. The molecule has 0 aliphatic carbocycles. The molecule has 4 nitrogen and oxygen atoms in total. The van der Waals surface area contributed by atoms with Crippen LogP contribution in [0.1, 0.15) is 11.1 Å². The lowest BCUT2D eigenvalue weighted by Crippen LogP contribution is -2.44. The third-order valence-corrected chi connectivity index (χ3v) is 6.45. The van der Waals surface area contributed by atoms with E-state index >= 15 is 0 Å². The van der Waals surface area contributed by atoms with Gasteiger partial charge in [0.25, 0.3) is 0 Å². The van der Waals surface area contributed by atoms with Gasteiger partial charge < -0.3 is 4.74 Å². The van der Waals surface area contributed by atoms with Gasteiger partial charge in [0.05, 0.1) is 25.0 Å². The van der Waals surface area contributed by atoms with Crippen molar-refractivity contribution in [2.24, 2.45) is 0 Å². The average Bonchev–Trinajstić information content (AvgIpc) is 2.60. The van der Waals surface area contributed by atoms with Crippen LogP contribution in [0.5, 0.6) is 0 Å². The SMILES string of the molecule is O=S1(=O)CC=C[C@@H](COCc2ccccc2)N1Cc1ccc(Cl)cc1Cl. The molecule has 0 saturated heterocycles. The lowest BCUT2D eigenvalue weighted by atomic mass is 10.2. The van der Waals surface area contributed by atoms with Crippen LogP contribution in [-0.4, -0.2) is 31.1 Å². The first kappa shape index (κ1) is 19.4. The van der Waals surface area contributed by atoms with Crippen LogP contribution in [0, 0.1) is 0 Å². The fourth-order valence-corrected chi connectivity index (χ4v) is 4.67. The summed E-state index contributed by atoms with van der Waals surface area (Å²) in [6.45, 7) is 0.888. The summed E-state index contributed by atoms with van der Waals surface area (Å²) in [6.07, 6.45) is 3.54. The van der Waals surface area contributed by atoms with Crippen molar-refractivity contribution in [2.75, 3.05) is 12.4 Å². The lowest BCUT2D eigenvalue weighted by molar-refractivity contribution is 0.0889. The van der Waals surface area contributed by atoms with Gasteiger partial charge in [-0.15, -0.1) is 0 Å². The number of halogens is 2. The molecule has 0 bridgehead atoms. The number of hydrogen-bond donors (Lipinski definition) is 0. The quantitative estimate of drug-likeness (QED) is 0.666. The van der Waals surface area contributed by atoms with E-state index in [2.05, 4.69) is 0 Å². The normalized spacial score (nSPS) is 19.5. The van der Waals surface area contributed by atoms with E-state index in [1.165, 1.54) is 4.31 Å². The second-order valence-corrected chi connectivity index (χ2v) is 8.87. The van der Waals surface area contributed by atoms with Gasteiger partial charge in [0.1, 0.15) is 0 Å². The topological polar surface area (TPSA) is 46.6 Å². The molecule has 0 fully saturated rings. The van der Waals surface area contributed by atoms with Crippen molar-refractivity contribution in [2.45, 2.75) is 19.2 Å². The van der Waals surface area contributed by atoms with Gasteiger partial charge in [-0.1, -0.05) is 71.8 Å². The van der Waals surface area contributed by atoms with Gasteiger partial charge in [-0.05, 0) is 23.3 Å². The van der Waals surface area contributed by atoms with E-state index in [-0.39, 0.29) is 24.9 Å². The van der Waals surface area contributed by atoms with E-state index < -0.39 is 10.0 Å². The molecular formula is C19H19Cl2NO3S. The van der Waals surface area contributed by atoms with Gasteiger partial charge in [-0.25, -0.2) is 8.42 Å². The first-order chi connectivity index (χ1) is 12.5. The molecule has 7 heteroatoms. The van der Waals surface area contributed by atoms with E-state index in [0.29, 0.717) is 22.2 Å². The van der Waals surface area contributed by atoms with Crippen LogP contribution >= 0.6 is 23.2 Å². The first-order valence-corrected chi connectivity index (χ1v) is 10.5. The third kappa shape index (κ3) is 4.87. The number of rotatable bonds is 6. The Balaban J connectivity index is 1.72. The van der Waals surface area contributed by atoms with Crippen molar-refractivity contribution in [3.8, 4) is 0 Å². The second-order valence-electron chi connectivity index (χ2n) is 6.06. The molecule has 1 aliphatic heterocycles. The Bertz CT molecular complexity index is 885. The fraction of sp³-hybridized carbons (Fsp3) is 0.263. The van der Waals surface area contributed by atoms with Gasteiger partial charge in [0.2, 0.25) is 10.0 Å². The average molecular weight is 412 g/mol. The molecule has 1 heterocycles.